The maximum absolute atomic E-state index is 14.5. The molecule has 0 radical (unpaired) electrons. The van der Waals surface area contributed by atoms with Crippen molar-refractivity contribution in [3.8, 4) is 5.75 Å². The van der Waals surface area contributed by atoms with Crippen LogP contribution in [0.4, 0.5) is 10.1 Å². The number of phenols is 1. The highest BCUT2D eigenvalue weighted by Crippen LogP contribution is 2.29. The standard InChI is InChI=1S/C24H17FN2O4/c1-31-24(30)16-8-6-15(7-9-16)14-21-23(29)27(17-10-12-18(28)13-11-17)22(26-21)19-4-2-3-5-20(19)25/h2-14,28H,1H3. The SMILES string of the molecule is COC(=O)c1ccc(C=C2N=C(c3ccccc3F)N(c3ccc(O)cc3)C2=O)cc1. The second-order valence-corrected chi connectivity index (χ2v) is 6.72. The first-order chi connectivity index (χ1) is 15.0. The molecule has 0 unspecified atom stereocenters. The molecule has 6 nitrogen and oxygen atoms in total. The second-order valence-electron chi connectivity index (χ2n) is 6.72. The number of ether oxygens (including phenoxy) is 1. The molecule has 4 rings (SSSR count). The zero-order chi connectivity index (χ0) is 22.0. The van der Waals surface area contributed by atoms with E-state index < -0.39 is 17.7 Å². The van der Waals surface area contributed by atoms with Gasteiger partial charge in [-0.3, -0.25) is 9.69 Å². The Kier molecular flexibility index (Phi) is 5.32. The molecule has 0 fully saturated rings. The number of rotatable bonds is 4. The van der Waals surface area contributed by atoms with E-state index in [1.165, 1.54) is 30.2 Å². The smallest absolute Gasteiger partial charge is 0.337 e. The number of carbonyl (C=O) groups excluding carboxylic acids is 2. The molecule has 1 aliphatic rings. The van der Waals surface area contributed by atoms with Crippen LogP contribution in [0.1, 0.15) is 21.5 Å². The van der Waals surface area contributed by atoms with Crippen LogP contribution in [-0.4, -0.2) is 29.9 Å². The number of nitrogens with zero attached hydrogens (tertiary/aromatic N) is 2. The topological polar surface area (TPSA) is 79.2 Å². The van der Waals surface area contributed by atoms with Gasteiger partial charge < -0.3 is 9.84 Å². The van der Waals surface area contributed by atoms with E-state index in [1.807, 2.05) is 0 Å². The summed E-state index contributed by atoms with van der Waals surface area (Å²) in [5, 5.41) is 9.58. The number of esters is 1. The van der Waals surface area contributed by atoms with Crippen LogP contribution >= 0.6 is 0 Å². The van der Waals surface area contributed by atoms with Crippen LogP contribution in [0.3, 0.4) is 0 Å². The Labute approximate surface area is 177 Å². The highest BCUT2D eigenvalue weighted by Gasteiger charge is 2.33. The van der Waals surface area contributed by atoms with E-state index in [4.69, 9.17) is 0 Å². The number of hydrogen-bond donors (Lipinski definition) is 1. The third-order valence-electron chi connectivity index (χ3n) is 4.72. The number of hydrogen-bond acceptors (Lipinski definition) is 5. The van der Waals surface area contributed by atoms with Crippen molar-refractivity contribution in [3.63, 3.8) is 0 Å². The first kappa shape index (κ1) is 20.0. The Morgan fingerprint density at radius 2 is 1.71 bits per heavy atom. The van der Waals surface area contributed by atoms with Gasteiger partial charge >= 0.3 is 5.97 Å². The van der Waals surface area contributed by atoms with Crippen molar-refractivity contribution in [1.82, 2.24) is 0 Å². The van der Waals surface area contributed by atoms with Gasteiger partial charge in [0.15, 0.2) is 5.84 Å². The number of amidine groups is 1. The molecular weight excluding hydrogens is 399 g/mol. The maximum atomic E-state index is 14.5. The number of methoxy groups -OCH3 is 1. The van der Waals surface area contributed by atoms with Gasteiger partial charge in [-0.25, -0.2) is 14.2 Å². The fourth-order valence-electron chi connectivity index (χ4n) is 3.17. The maximum Gasteiger partial charge on any atom is 0.337 e. The molecule has 0 aliphatic carbocycles. The number of carbonyl (C=O) groups is 2. The summed E-state index contributed by atoms with van der Waals surface area (Å²) in [6.07, 6.45) is 1.56. The van der Waals surface area contributed by atoms with Gasteiger partial charge in [0.2, 0.25) is 0 Å². The van der Waals surface area contributed by atoms with E-state index in [2.05, 4.69) is 9.73 Å². The molecule has 3 aromatic carbocycles. The summed E-state index contributed by atoms with van der Waals surface area (Å²) in [6, 6.07) is 18.5. The summed E-state index contributed by atoms with van der Waals surface area (Å²) in [6.45, 7) is 0. The van der Waals surface area contributed by atoms with Gasteiger partial charge in [-0.15, -0.1) is 0 Å². The molecule has 1 amide bonds. The molecular formula is C24H17FN2O4. The molecule has 0 spiro atoms. The van der Waals surface area contributed by atoms with Gasteiger partial charge in [-0.05, 0) is 60.2 Å². The van der Waals surface area contributed by atoms with E-state index in [9.17, 15) is 19.1 Å². The number of aliphatic imine (C=N–C) groups is 1. The average molecular weight is 416 g/mol. The molecule has 1 heterocycles. The largest absolute Gasteiger partial charge is 0.508 e. The van der Waals surface area contributed by atoms with Crippen LogP contribution in [-0.2, 0) is 9.53 Å². The van der Waals surface area contributed by atoms with Crippen LogP contribution in [0.15, 0.2) is 83.5 Å². The number of phenolic OH excluding ortho intramolecular Hbond substituents is 1. The molecule has 31 heavy (non-hydrogen) atoms. The minimum Gasteiger partial charge on any atom is -0.508 e. The van der Waals surface area contributed by atoms with Gasteiger partial charge in [0.25, 0.3) is 5.91 Å². The van der Waals surface area contributed by atoms with Gasteiger partial charge in [-0.1, -0.05) is 24.3 Å². The number of anilines is 1. The molecule has 0 saturated heterocycles. The molecule has 1 N–H and O–H groups in total. The Morgan fingerprint density at radius 1 is 1.03 bits per heavy atom. The van der Waals surface area contributed by atoms with Crippen molar-refractivity contribution >= 4 is 29.5 Å². The van der Waals surface area contributed by atoms with Gasteiger partial charge in [0.05, 0.1) is 23.9 Å². The minimum absolute atomic E-state index is 0.0428. The van der Waals surface area contributed by atoms with Crippen molar-refractivity contribution in [2.45, 2.75) is 0 Å². The normalized spacial score (nSPS) is 14.6. The Balaban J connectivity index is 1.78. The molecule has 3 aromatic rings. The van der Waals surface area contributed by atoms with Crippen molar-refractivity contribution < 1.29 is 23.8 Å². The third-order valence-corrected chi connectivity index (χ3v) is 4.72. The molecule has 0 bridgehead atoms. The summed E-state index contributed by atoms with van der Waals surface area (Å²) in [5.74, 6) is -1.23. The number of benzene rings is 3. The first-order valence-electron chi connectivity index (χ1n) is 9.35. The molecule has 0 aromatic heterocycles. The Bertz CT molecular complexity index is 1220. The summed E-state index contributed by atoms with van der Waals surface area (Å²) < 4.78 is 19.2. The molecule has 7 heteroatoms. The Morgan fingerprint density at radius 3 is 2.35 bits per heavy atom. The monoisotopic (exact) mass is 416 g/mol. The minimum atomic E-state index is -0.512. The van der Waals surface area contributed by atoms with E-state index >= 15 is 0 Å². The summed E-state index contributed by atoms with van der Waals surface area (Å²) in [4.78, 5) is 30.5. The number of halogens is 1. The van der Waals surface area contributed by atoms with Gasteiger partial charge in [0.1, 0.15) is 17.3 Å². The summed E-state index contributed by atoms with van der Waals surface area (Å²) in [5.41, 5.74) is 1.74. The third kappa shape index (κ3) is 3.93. The first-order valence-corrected chi connectivity index (χ1v) is 9.35. The van der Waals surface area contributed by atoms with Crippen molar-refractivity contribution in [3.05, 3.63) is 101 Å². The van der Waals surface area contributed by atoms with Crippen LogP contribution in [0.5, 0.6) is 5.75 Å². The van der Waals surface area contributed by atoms with E-state index in [-0.39, 0.29) is 22.8 Å². The lowest BCUT2D eigenvalue weighted by Gasteiger charge is -2.18. The predicted octanol–water partition coefficient (Wildman–Crippen LogP) is 4.15. The van der Waals surface area contributed by atoms with Crippen molar-refractivity contribution in [2.75, 3.05) is 12.0 Å². The number of aromatic hydroxyl groups is 1. The van der Waals surface area contributed by atoms with Crippen LogP contribution in [0, 0.1) is 5.82 Å². The lowest BCUT2D eigenvalue weighted by molar-refractivity contribution is -0.113. The molecule has 0 atom stereocenters. The molecule has 154 valence electrons. The van der Waals surface area contributed by atoms with E-state index in [0.29, 0.717) is 16.8 Å². The van der Waals surface area contributed by atoms with Crippen molar-refractivity contribution in [2.24, 2.45) is 4.99 Å². The average Bonchev–Trinajstić information content (AvgIpc) is 3.10. The molecule has 1 aliphatic heterocycles. The predicted molar refractivity (Wildman–Crippen MR) is 114 cm³/mol. The quantitative estimate of drug-likeness (QED) is 0.512. The fraction of sp³-hybridized carbons (Fsp3) is 0.0417. The lowest BCUT2D eigenvalue weighted by atomic mass is 10.1. The zero-order valence-electron chi connectivity index (χ0n) is 16.4. The van der Waals surface area contributed by atoms with Crippen LogP contribution in [0.25, 0.3) is 6.08 Å². The van der Waals surface area contributed by atoms with E-state index in [0.717, 1.165) is 0 Å². The number of amides is 1. The Hall–Kier alpha value is -4.26. The highest BCUT2D eigenvalue weighted by molar-refractivity contribution is 6.33. The summed E-state index contributed by atoms with van der Waals surface area (Å²) in [7, 11) is 1.30. The van der Waals surface area contributed by atoms with Gasteiger partial charge in [0, 0.05) is 0 Å². The highest BCUT2D eigenvalue weighted by atomic mass is 19.1. The van der Waals surface area contributed by atoms with Crippen molar-refractivity contribution in [1.29, 1.82) is 0 Å². The van der Waals surface area contributed by atoms with E-state index in [1.54, 1.807) is 60.7 Å². The summed E-state index contributed by atoms with van der Waals surface area (Å²) >= 11 is 0. The lowest BCUT2D eigenvalue weighted by Crippen LogP contribution is -2.33. The van der Waals surface area contributed by atoms with Gasteiger partial charge in [-0.2, -0.15) is 0 Å². The van der Waals surface area contributed by atoms with Crippen LogP contribution < -0.4 is 4.90 Å². The van der Waals surface area contributed by atoms with Crippen LogP contribution in [0.2, 0.25) is 0 Å². The second kappa shape index (κ2) is 8.23. The molecule has 0 saturated carbocycles. The fourth-order valence-corrected chi connectivity index (χ4v) is 3.17. The zero-order valence-corrected chi connectivity index (χ0v) is 16.4.